The van der Waals surface area contributed by atoms with Gasteiger partial charge in [0, 0.05) is 0 Å². The van der Waals surface area contributed by atoms with E-state index in [2.05, 4.69) is 0 Å². The molecule has 0 aliphatic carbocycles. The molecule has 0 radical (unpaired) electrons. The summed E-state index contributed by atoms with van der Waals surface area (Å²) in [6.07, 6.45) is -0.0129. The van der Waals surface area contributed by atoms with Gasteiger partial charge in [-0.2, -0.15) is 0 Å². The van der Waals surface area contributed by atoms with Crippen molar-refractivity contribution in [3.63, 3.8) is 0 Å². The summed E-state index contributed by atoms with van der Waals surface area (Å²) in [5, 5.41) is 0. The molecule has 0 aromatic carbocycles. The molecule has 0 bridgehead atoms. The molecule has 1 aliphatic heterocycles. The summed E-state index contributed by atoms with van der Waals surface area (Å²) in [7, 11) is 0. The number of ketones is 1. The van der Waals surface area contributed by atoms with Crippen molar-refractivity contribution >= 4 is 11.7 Å². The molecule has 0 saturated carbocycles. The van der Waals surface area contributed by atoms with Gasteiger partial charge in [-0.1, -0.05) is 5.43 Å². The highest BCUT2D eigenvalue weighted by atomic mass is 16.3. The number of rotatable bonds is 0. The minimum atomic E-state index is -0.516. The first-order valence-corrected chi connectivity index (χ1v) is 2.94. The van der Waals surface area contributed by atoms with Crippen LogP contribution in [-0.4, -0.2) is 23.1 Å². The number of Topliss-reactive ketones (excluding diaryl/α,β-unsaturated/α-hetero) is 1. The SMILES string of the molecule is O=C1CC[N+](=O)NC(=O)C1. The van der Waals surface area contributed by atoms with E-state index < -0.39 is 5.91 Å². The normalized spacial score (nSPS) is 20.2. The monoisotopic (exact) mass is 143 g/mol. The van der Waals surface area contributed by atoms with Crippen LogP contribution in [0.4, 0.5) is 0 Å². The highest BCUT2D eigenvalue weighted by Crippen LogP contribution is 1.94. The molecule has 1 amide bonds. The van der Waals surface area contributed by atoms with Crippen molar-refractivity contribution in [1.82, 2.24) is 5.43 Å². The Bertz CT molecular complexity index is 179. The van der Waals surface area contributed by atoms with Gasteiger partial charge in [-0.05, 0) is 0 Å². The average molecular weight is 143 g/mol. The third-order valence-electron chi connectivity index (χ3n) is 1.20. The molecule has 5 heteroatoms. The van der Waals surface area contributed by atoms with Crippen LogP contribution in [0.3, 0.4) is 0 Å². The summed E-state index contributed by atoms with van der Waals surface area (Å²) >= 11 is 0. The maximum atomic E-state index is 10.6. The first kappa shape index (κ1) is 6.85. The topological polar surface area (TPSA) is 66.2 Å². The zero-order chi connectivity index (χ0) is 7.56. The summed E-state index contributed by atoms with van der Waals surface area (Å²) in [5.74, 6) is -0.701. The highest BCUT2D eigenvalue weighted by molar-refractivity contribution is 5.97. The van der Waals surface area contributed by atoms with Crippen molar-refractivity contribution in [2.45, 2.75) is 12.8 Å². The molecule has 1 N–H and O–H groups in total. The van der Waals surface area contributed by atoms with Crippen molar-refractivity contribution in [3.8, 4) is 0 Å². The molecule has 1 saturated heterocycles. The van der Waals surface area contributed by atoms with E-state index in [1.807, 2.05) is 5.43 Å². The Hall–Kier alpha value is -1.26. The first-order valence-electron chi connectivity index (χ1n) is 2.94. The quantitative estimate of drug-likeness (QED) is 0.355. The van der Waals surface area contributed by atoms with Gasteiger partial charge in [-0.3, -0.25) is 9.59 Å². The summed E-state index contributed by atoms with van der Waals surface area (Å²) in [6.45, 7) is 0.0601. The van der Waals surface area contributed by atoms with E-state index >= 15 is 0 Å². The third kappa shape index (κ3) is 1.61. The third-order valence-corrected chi connectivity index (χ3v) is 1.20. The van der Waals surface area contributed by atoms with E-state index in [4.69, 9.17) is 0 Å². The van der Waals surface area contributed by atoms with Crippen LogP contribution in [-0.2, 0) is 9.59 Å². The van der Waals surface area contributed by atoms with Crippen LogP contribution < -0.4 is 5.43 Å². The molecular weight excluding hydrogens is 136 g/mol. The van der Waals surface area contributed by atoms with Crippen molar-refractivity contribution in [2.75, 3.05) is 6.54 Å². The van der Waals surface area contributed by atoms with Crippen LogP contribution in [0, 0.1) is 4.91 Å². The molecule has 1 fully saturated rings. The van der Waals surface area contributed by atoms with Crippen molar-refractivity contribution < 1.29 is 14.5 Å². The molecule has 5 nitrogen and oxygen atoms in total. The minimum absolute atomic E-state index is 0.0601. The van der Waals surface area contributed by atoms with E-state index in [0.717, 1.165) is 0 Å². The summed E-state index contributed by atoms with van der Waals surface area (Å²) < 4.78 is 0. The molecule has 0 spiro atoms. The van der Waals surface area contributed by atoms with E-state index in [1.165, 1.54) is 0 Å². The predicted molar refractivity (Wildman–Crippen MR) is 30.9 cm³/mol. The largest absolute Gasteiger partial charge is 0.299 e. The van der Waals surface area contributed by atoms with Gasteiger partial charge in [0.15, 0.2) is 0 Å². The summed E-state index contributed by atoms with van der Waals surface area (Å²) in [5.41, 5.74) is 1.99. The number of nitrogens with one attached hydrogen (secondary N) is 1. The second-order valence-corrected chi connectivity index (χ2v) is 2.10. The molecule has 0 aromatic heterocycles. The lowest BCUT2D eigenvalue weighted by atomic mass is 10.2. The first-order chi connectivity index (χ1) is 4.68. The minimum Gasteiger partial charge on any atom is -0.299 e. The van der Waals surface area contributed by atoms with Crippen molar-refractivity contribution in [3.05, 3.63) is 4.91 Å². The average Bonchev–Trinajstić information content (AvgIpc) is 1.93. The molecule has 1 rings (SSSR count). The number of hydrogen-bond donors (Lipinski definition) is 1. The number of nitrogens with zero attached hydrogens (tertiary/aromatic N) is 1. The van der Waals surface area contributed by atoms with Crippen LogP contribution in [0.1, 0.15) is 12.8 Å². The predicted octanol–water partition coefficient (Wildman–Crippen LogP) is -0.841. The van der Waals surface area contributed by atoms with Gasteiger partial charge in [0.05, 0.1) is 17.7 Å². The number of amides is 1. The van der Waals surface area contributed by atoms with Gasteiger partial charge in [0.25, 0.3) is 5.91 Å². The Kier molecular flexibility index (Phi) is 1.75. The smallest absolute Gasteiger partial charge is 0.286 e. The maximum absolute atomic E-state index is 10.6. The number of nitroso groups, excluding NO2 is 1. The second-order valence-electron chi connectivity index (χ2n) is 2.10. The molecule has 10 heavy (non-hydrogen) atoms. The summed E-state index contributed by atoms with van der Waals surface area (Å²) in [4.78, 5) is 32.0. The molecule has 0 aromatic rings. The van der Waals surface area contributed by atoms with E-state index in [1.54, 1.807) is 0 Å². The standard InChI is InChI=1S/C5H6N2O3/c8-4-1-2-7(10)6-5(9)3-4/h1-3H2/p+1. The second kappa shape index (κ2) is 2.55. The molecule has 1 aliphatic rings. The number of hydrazine groups is 1. The lowest BCUT2D eigenvalue weighted by molar-refractivity contribution is -0.592. The zero-order valence-corrected chi connectivity index (χ0v) is 5.29. The molecular formula is C5H7N2O3+. The van der Waals surface area contributed by atoms with Gasteiger partial charge in [0.2, 0.25) is 6.54 Å². The van der Waals surface area contributed by atoms with Gasteiger partial charge in [-0.15, -0.1) is 0 Å². The van der Waals surface area contributed by atoms with Gasteiger partial charge in [-0.25, -0.2) is 0 Å². The Morgan fingerprint density at radius 1 is 1.40 bits per heavy atom. The fourth-order valence-electron chi connectivity index (χ4n) is 0.728. The lowest BCUT2D eigenvalue weighted by Crippen LogP contribution is -2.30. The Morgan fingerprint density at radius 3 is 2.80 bits per heavy atom. The van der Waals surface area contributed by atoms with Crippen LogP contribution in [0.15, 0.2) is 0 Å². The van der Waals surface area contributed by atoms with Gasteiger partial charge < -0.3 is 0 Å². The van der Waals surface area contributed by atoms with Crippen LogP contribution in [0.5, 0.6) is 0 Å². The van der Waals surface area contributed by atoms with Gasteiger partial charge in [0.1, 0.15) is 10.7 Å². The van der Waals surface area contributed by atoms with E-state index in [9.17, 15) is 14.5 Å². The van der Waals surface area contributed by atoms with Crippen molar-refractivity contribution in [2.24, 2.45) is 0 Å². The van der Waals surface area contributed by atoms with E-state index in [0.29, 0.717) is 4.87 Å². The Morgan fingerprint density at radius 2 is 2.10 bits per heavy atom. The number of carbonyl (C=O) groups excluding carboxylic acids is 2. The fraction of sp³-hybridized carbons (Fsp3) is 0.600. The van der Waals surface area contributed by atoms with Crippen LogP contribution >= 0.6 is 0 Å². The molecule has 0 unspecified atom stereocenters. The fourth-order valence-corrected chi connectivity index (χ4v) is 0.728. The zero-order valence-electron chi connectivity index (χ0n) is 5.29. The molecule has 54 valence electrons. The maximum Gasteiger partial charge on any atom is 0.286 e. The summed E-state index contributed by atoms with van der Waals surface area (Å²) in [6, 6.07) is 0. The Labute approximate surface area is 56.9 Å². The lowest BCUT2D eigenvalue weighted by Gasteiger charge is -1.84. The highest BCUT2D eigenvalue weighted by Gasteiger charge is 2.23. The molecule has 1 heterocycles. The number of hydrogen-bond acceptors (Lipinski definition) is 3. The molecule has 0 atom stereocenters. The Balaban J connectivity index is 2.63. The van der Waals surface area contributed by atoms with Crippen LogP contribution in [0.2, 0.25) is 0 Å². The van der Waals surface area contributed by atoms with Crippen LogP contribution in [0.25, 0.3) is 0 Å². The van der Waals surface area contributed by atoms with Gasteiger partial charge >= 0.3 is 0 Å². The number of carbonyl (C=O) groups is 2. The van der Waals surface area contributed by atoms with E-state index in [-0.39, 0.29) is 25.2 Å². The van der Waals surface area contributed by atoms with Crippen molar-refractivity contribution in [1.29, 1.82) is 0 Å².